The molecule has 0 unspecified atom stereocenters. The van der Waals surface area contributed by atoms with E-state index in [0.29, 0.717) is 17.0 Å². The third-order valence-corrected chi connectivity index (χ3v) is 7.47. The van der Waals surface area contributed by atoms with Crippen LogP contribution in [-0.2, 0) is 17.5 Å². The van der Waals surface area contributed by atoms with E-state index in [1.807, 2.05) is 30.3 Å². The Kier molecular flexibility index (Phi) is 5.18. The maximum absolute atomic E-state index is 12.9. The van der Waals surface area contributed by atoms with Crippen LogP contribution in [0.3, 0.4) is 0 Å². The first kappa shape index (κ1) is 21.0. The van der Waals surface area contributed by atoms with Crippen LogP contribution in [0.15, 0.2) is 58.7 Å². The summed E-state index contributed by atoms with van der Waals surface area (Å²) in [7, 11) is 0. The Morgan fingerprint density at radius 1 is 1.09 bits per heavy atom. The Morgan fingerprint density at radius 2 is 1.94 bits per heavy atom. The zero-order valence-electron chi connectivity index (χ0n) is 16.4. The summed E-state index contributed by atoms with van der Waals surface area (Å²) < 4.78 is 39.6. The predicted molar refractivity (Wildman–Crippen MR) is 117 cm³/mol. The van der Waals surface area contributed by atoms with Crippen LogP contribution < -0.4 is 0 Å². The SMILES string of the molecule is N#Cc1cc(C(F)(F)F)ccc1CSC1=NC2(CC2)c2cc(-c3ccccn3)nnc2S1. The molecule has 2 aliphatic rings. The molecule has 0 saturated heterocycles. The summed E-state index contributed by atoms with van der Waals surface area (Å²) in [6.45, 7) is 0. The third kappa shape index (κ3) is 3.98. The first-order chi connectivity index (χ1) is 15.4. The molecular weight excluding hydrogens is 455 g/mol. The molecule has 1 aromatic carbocycles. The Bertz CT molecular complexity index is 1260. The summed E-state index contributed by atoms with van der Waals surface area (Å²) in [6, 6.07) is 12.8. The topological polar surface area (TPSA) is 74.8 Å². The smallest absolute Gasteiger partial charge is 0.260 e. The lowest BCUT2D eigenvalue weighted by molar-refractivity contribution is -0.137. The Morgan fingerprint density at radius 3 is 2.62 bits per heavy atom. The number of alkyl halides is 3. The number of pyridine rings is 1. The minimum Gasteiger partial charge on any atom is -0.260 e. The molecule has 0 N–H and O–H groups in total. The van der Waals surface area contributed by atoms with E-state index in [1.165, 1.54) is 29.6 Å². The second-order valence-corrected chi connectivity index (χ2v) is 9.64. The van der Waals surface area contributed by atoms with E-state index in [4.69, 9.17) is 4.99 Å². The number of nitriles is 1. The Labute approximate surface area is 190 Å². The van der Waals surface area contributed by atoms with Gasteiger partial charge in [-0.2, -0.15) is 18.4 Å². The molecule has 2 aromatic heterocycles. The summed E-state index contributed by atoms with van der Waals surface area (Å²) in [6.07, 6.45) is -0.958. The summed E-state index contributed by atoms with van der Waals surface area (Å²) in [5.41, 5.74) is 1.91. The van der Waals surface area contributed by atoms with Crippen LogP contribution in [0, 0.1) is 11.3 Å². The van der Waals surface area contributed by atoms with E-state index in [1.54, 1.807) is 6.20 Å². The summed E-state index contributed by atoms with van der Waals surface area (Å²) in [5.74, 6) is 0.345. The molecule has 1 aliphatic carbocycles. The molecule has 3 heterocycles. The third-order valence-electron chi connectivity index (χ3n) is 5.31. The van der Waals surface area contributed by atoms with E-state index < -0.39 is 11.7 Å². The van der Waals surface area contributed by atoms with Crippen molar-refractivity contribution in [3.05, 3.63) is 70.9 Å². The Hall–Kier alpha value is -2.90. The lowest BCUT2D eigenvalue weighted by atomic mass is 10.1. The largest absolute Gasteiger partial charge is 0.416 e. The van der Waals surface area contributed by atoms with Gasteiger partial charge in [0.1, 0.15) is 15.1 Å². The molecule has 1 saturated carbocycles. The van der Waals surface area contributed by atoms with Crippen molar-refractivity contribution >= 4 is 27.9 Å². The van der Waals surface area contributed by atoms with Crippen LogP contribution in [0.1, 0.15) is 35.1 Å². The normalized spacial score (nSPS) is 16.2. The van der Waals surface area contributed by atoms with Crippen molar-refractivity contribution in [3.8, 4) is 17.5 Å². The Balaban J connectivity index is 1.37. The van der Waals surface area contributed by atoms with Gasteiger partial charge in [0, 0.05) is 17.5 Å². The van der Waals surface area contributed by atoms with Crippen molar-refractivity contribution in [2.24, 2.45) is 4.99 Å². The molecule has 1 spiro atoms. The summed E-state index contributed by atoms with van der Waals surface area (Å²) >= 11 is 2.80. The standard InChI is InChI=1S/C22H14F3N5S2/c23-22(24,25)15-5-4-13(14(9-15)11-26)12-31-20-28-21(6-7-21)16-10-18(29-30-19(16)32-20)17-3-1-2-8-27-17/h1-5,8-10H,6-7,12H2. The van der Waals surface area contributed by atoms with Crippen LogP contribution in [0.4, 0.5) is 13.2 Å². The maximum atomic E-state index is 12.9. The number of fused-ring (bicyclic) bond motifs is 2. The van der Waals surface area contributed by atoms with E-state index in [-0.39, 0.29) is 11.1 Å². The highest BCUT2D eigenvalue weighted by Gasteiger charge is 2.49. The van der Waals surface area contributed by atoms with Gasteiger partial charge in [-0.15, -0.1) is 10.2 Å². The molecule has 1 fully saturated rings. The lowest BCUT2D eigenvalue weighted by Crippen LogP contribution is -2.15. The molecule has 160 valence electrons. The van der Waals surface area contributed by atoms with E-state index >= 15 is 0 Å². The number of rotatable bonds is 3. The van der Waals surface area contributed by atoms with Gasteiger partial charge in [-0.1, -0.05) is 23.9 Å². The number of benzene rings is 1. The quantitative estimate of drug-likeness (QED) is 0.482. The molecule has 5 nitrogen and oxygen atoms in total. The van der Waals surface area contributed by atoms with E-state index in [9.17, 15) is 18.4 Å². The molecular formula is C22H14F3N5S2. The second-order valence-electron chi connectivity index (χ2n) is 7.44. The molecule has 5 rings (SSSR count). The fourth-order valence-electron chi connectivity index (χ4n) is 3.45. The zero-order chi connectivity index (χ0) is 22.3. The molecule has 3 aromatic rings. The van der Waals surface area contributed by atoms with Crippen LogP contribution >= 0.6 is 23.5 Å². The monoisotopic (exact) mass is 469 g/mol. The van der Waals surface area contributed by atoms with Crippen molar-refractivity contribution in [2.75, 3.05) is 0 Å². The number of halogens is 3. The summed E-state index contributed by atoms with van der Waals surface area (Å²) in [4.78, 5) is 9.26. The zero-order valence-corrected chi connectivity index (χ0v) is 18.1. The van der Waals surface area contributed by atoms with Crippen molar-refractivity contribution < 1.29 is 13.2 Å². The maximum Gasteiger partial charge on any atom is 0.416 e. The lowest BCUT2D eigenvalue weighted by Gasteiger charge is -2.22. The van der Waals surface area contributed by atoms with Gasteiger partial charge >= 0.3 is 6.18 Å². The summed E-state index contributed by atoms with van der Waals surface area (Å²) in [5, 5.41) is 18.8. The average molecular weight is 470 g/mol. The highest BCUT2D eigenvalue weighted by atomic mass is 32.2. The van der Waals surface area contributed by atoms with Gasteiger partial charge in [0.2, 0.25) is 0 Å². The number of hydrogen-bond acceptors (Lipinski definition) is 7. The molecule has 0 bridgehead atoms. The minimum absolute atomic E-state index is 0.0232. The van der Waals surface area contributed by atoms with E-state index in [0.717, 1.165) is 45.6 Å². The first-order valence-corrected chi connectivity index (χ1v) is 11.5. The van der Waals surface area contributed by atoms with Gasteiger partial charge in [-0.3, -0.25) is 9.98 Å². The number of nitrogens with zero attached hydrogens (tertiary/aromatic N) is 5. The number of thioether (sulfide) groups is 2. The van der Waals surface area contributed by atoms with E-state index in [2.05, 4.69) is 15.2 Å². The molecule has 1 aliphatic heterocycles. The van der Waals surface area contributed by atoms with Gasteiger partial charge in [-0.05, 0) is 60.5 Å². The van der Waals surface area contributed by atoms with Crippen LogP contribution in [0.25, 0.3) is 11.4 Å². The highest BCUT2D eigenvalue weighted by molar-refractivity contribution is 8.38. The van der Waals surface area contributed by atoms with Crippen molar-refractivity contribution in [1.29, 1.82) is 5.26 Å². The second kappa shape index (κ2) is 7.90. The van der Waals surface area contributed by atoms with Gasteiger partial charge in [0.15, 0.2) is 0 Å². The number of aromatic nitrogens is 3. The fraction of sp³-hybridized carbons (Fsp3) is 0.227. The van der Waals surface area contributed by atoms with Crippen molar-refractivity contribution in [3.63, 3.8) is 0 Å². The average Bonchev–Trinajstić information content (AvgIpc) is 3.57. The molecule has 32 heavy (non-hydrogen) atoms. The van der Waals surface area contributed by atoms with Crippen LogP contribution in [0.2, 0.25) is 0 Å². The van der Waals surface area contributed by atoms with Crippen LogP contribution in [-0.4, -0.2) is 19.6 Å². The predicted octanol–water partition coefficient (Wildman–Crippen LogP) is 5.81. The van der Waals surface area contributed by atoms with Gasteiger partial charge in [-0.25, -0.2) is 0 Å². The van der Waals surface area contributed by atoms with Gasteiger partial charge < -0.3 is 0 Å². The minimum atomic E-state index is -4.48. The van der Waals surface area contributed by atoms with Crippen LogP contribution in [0.5, 0.6) is 0 Å². The highest BCUT2D eigenvalue weighted by Crippen LogP contribution is 2.56. The molecule has 0 atom stereocenters. The molecule has 0 amide bonds. The van der Waals surface area contributed by atoms with Crippen molar-refractivity contribution in [1.82, 2.24) is 15.2 Å². The number of hydrogen-bond donors (Lipinski definition) is 0. The van der Waals surface area contributed by atoms with Gasteiger partial charge in [0.25, 0.3) is 0 Å². The molecule has 0 radical (unpaired) electrons. The molecule has 10 heteroatoms. The first-order valence-electron chi connectivity index (χ1n) is 9.68. The number of aliphatic imine (C=N–C) groups is 1. The van der Waals surface area contributed by atoms with Crippen molar-refractivity contribution in [2.45, 2.75) is 35.3 Å². The fourth-order valence-corrected chi connectivity index (χ4v) is 5.70. The van der Waals surface area contributed by atoms with Gasteiger partial charge in [0.05, 0.1) is 28.4 Å².